The Morgan fingerprint density at radius 2 is 1.68 bits per heavy atom. The second-order valence-electron chi connectivity index (χ2n) is 6.77. The third kappa shape index (κ3) is 2.65. The van der Waals surface area contributed by atoms with E-state index in [1.165, 1.54) is 0 Å². The smallest absolute Gasteiger partial charge is 0.303 e. The van der Waals surface area contributed by atoms with Crippen LogP contribution in [-0.4, -0.2) is 40.6 Å². The molecule has 0 aromatic carbocycles. The number of carboxylic acids is 1. The minimum Gasteiger partial charge on any atom is -0.481 e. The van der Waals surface area contributed by atoms with Crippen molar-refractivity contribution in [1.29, 1.82) is 0 Å². The predicted octanol–water partition coefficient (Wildman–Crippen LogP) is 1.83. The van der Waals surface area contributed by atoms with Gasteiger partial charge in [0.1, 0.15) is 0 Å². The zero-order chi connectivity index (χ0) is 14.4. The van der Waals surface area contributed by atoms with Crippen LogP contribution in [0.3, 0.4) is 0 Å². The molecule has 2 fully saturated rings. The maximum Gasteiger partial charge on any atom is 0.303 e. The Balaban J connectivity index is 2.18. The number of nitrogens with zero attached hydrogens (tertiary/aromatic N) is 1. The Morgan fingerprint density at radius 3 is 2.05 bits per heavy atom. The number of hydrogen-bond donors (Lipinski definition) is 1. The summed E-state index contributed by atoms with van der Waals surface area (Å²) in [5.41, 5.74) is 0. The van der Waals surface area contributed by atoms with Crippen molar-refractivity contribution < 1.29 is 18.3 Å². The summed E-state index contributed by atoms with van der Waals surface area (Å²) in [6, 6.07) is 0.0136. The average Bonchev–Trinajstić information content (AvgIpc) is 2.49. The Labute approximate surface area is 115 Å². The molecule has 0 amide bonds. The molecule has 0 radical (unpaired) electrons. The summed E-state index contributed by atoms with van der Waals surface area (Å²) in [5, 5.41) is 8.88. The fraction of sp³-hybridized carbons (Fsp3) is 0.923. The number of rotatable bonds is 3. The maximum atomic E-state index is 12.6. The van der Waals surface area contributed by atoms with Crippen LogP contribution < -0.4 is 0 Å². The Morgan fingerprint density at radius 1 is 1.21 bits per heavy atom. The second-order valence-corrected chi connectivity index (χ2v) is 9.36. The number of carboxylic acid groups (broad SMARTS) is 1. The van der Waals surface area contributed by atoms with Crippen molar-refractivity contribution in [2.45, 2.75) is 69.7 Å². The molecule has 6 heteroatoms. The van der Waals surface area contributed by atoms with Crippen molar-refractivity contribution in [3.8, 4) is 0 Å². The molecule has 0 aliphatic carbocycles. The third-order valence-corrected chi connectivity index (χ3v) is 6.98. The van der Waals surface area contributed by atoms with Gasteiger partial charge in [0.25, 0.3) is 0 Å². The van der Waals surface area contributed by atoms with Gasteiger partial charge in [-0.1, -0.05) is 0 Å². The van der Waals surface area contributed by atoms with Crippen LogP contribution in [-0.2, 0) is 14.8 Å². The minimum atomic E-state index is -3.30. The highest BCUT2D eigenvalue weighted by molar-refractivity contribution is 7.90. The Hall–Kier alpha value is -0.620. The zero-order valence-corrected chi connectivity index (χ0v) is 12.6. The van der Waals surface area contributed by atoms with Crippen molar-refractivity contribution in [3.63, 3.8) is 0 Å². The first kappa shape index (κ1) is 14.8. The SMILES string of the molecule is CC(C)(C)S(=O)(=O)N1C2CCC1CC(CC(=O)O)C2. The molecule has 1 N–H and O–H groups in total. The fourth-order valence-electron chi connectivity index (χ4n) is 3.37. The summed E-state index contributed by atoms with van der Waals surface area (Å²) in [7, 11) is -3.30. The lowest BCUT2D eigenvalue weighted by Gasteiger charge is -2.40. The van der Waals surface area contributed by atoms with E-state index in [2.05, 4.69) is 0 Å². The normalized spacial score (nSPS) is 32.5. The van der Waals surface area contributed by atoms with Crippen molar-refractivity contribution in [3.05, 3.63) is 0 Å². The lowest BCUT2D eigenvalue weighted by Crippen LogP contribution is -2.52. The molecule has 0 spiro atoms. The molecule has 2 atom stereocenters. The van der Waals surface area contributed by atoms with Gasteiger partial charge in [0.15, 0.2) is 0 Å². The number of piperidine rings is 1. The van der Waals surface area contributed by atoms with E-state index in [1.54, 1.807) is 25.1 Å². The summed E-state index contributed by atoms with van der Waals surface area (Å²) in [6.45, 7) is 5.18. The van der Waals surface area contributed by atoms with E-state index in [0.29, 0.717) is 12.8 Å². The summed E-state index contributed by atoms with van der Waals surface area (Å²) in [4.78, 5) is 10.8. The molecule has 2 aliphatic rings. The molecule has 0 saturated carbocycles. The molecule has 2 bridgehead atoms. The van der Waals surface area contributed by atoms with Crippen LogP contribution in [0, 0.1) is 5.92 Å². The number of carbonyl (C=O) groups is 1. The molecule has 2 aliphatic heterocycles. The summed E-state index contributed by atoms with van der Waals surface area (Å²) in [6.07, 6.45) is 3.29. The van der Waals surface area contributed by atoms with Crippen molar-refractivity contribution in [2.75, 3.05) is 0 Å². The van der Waals surface area contributed by atoms with Crippen LogP contribution in [0.2, 0.25) is 0 Å². The number of fused-ring (bicyclic) bond motifs is 2. The molecular formula is C13H23NO4S. The molecule has 110 valence electrons. The van der Waals surface area contributed by atoms with E-state index in [9.17, 15) is 13.2 Å². The first-order chi connectivity index (χ1) is 8.63. The van der Waals surface area contributed by atoms with Gasteiger partial charge in [-0.2, -0.15) is 4.31 Å². The topological polar surface area (TPSA) is 74.7 Å². The van der Waals surface area contributed by atoms with E-state index >= 15 is 0 Å². The summed E-state index contributed by atoms with van der Waals surface area (Å²) >= 11 is 0. The number of sulfonamides is 1. The lowest BCUT2D eigenvalue weighted by molar-refractivity contribution is -0.138. The molecule has 0 aromatic rings. The van der Waals surface area contributed by atoms with E-state index in [1.807, 2.05) is 0 Å². The van der Waals surface area contributed by atoms with Gasteiger partial charge < -0.3 is 5.11 Å². The van der Waals surface area contributed by atoms with Gasteiger partial charge in [-0.15, -0.1) is 0 Å². The first-order valence-electron chi connectivity index (χ1n) is 6.88. The first-order valence-corrected chi connectivity index (χ1v) is 8.32. The molecule has 2 heterocycles. The zero-order valence-electron chi connectivity index (χ0n) is 11.8. The van der Waals surface area contributed by atoms with Crippen molar-refractivity contribution >= 4 is 16.0 Å². The van der Waals surface area contributed by atoms with Crippen LogP contribution in [0.4, 0.5) is 0 Å². The van der Waals surface area contributed by atoms with E-state index < -0.39 is 20.7 Å². The van der Waals surface area contributed by atoms with Gasteiger partial charge >= 0.3 is 5.97 Å². The van der Waals surface area contributed by atoms with Gasteiger partial charge in [-0.3, -0.25) is 4.79 Å². The molecule has 19 heavy (non-hydrogen) atoms. The van der Waals surface area contributed by atoms with Crippen LogP contribution in [0.25, 0.3) is 0 Å². The maximum absolute atomic E-state index is 12.6. The number of hydrogen-bond acceptors (Lipinski definition) is 3. The van der Waals surface area contributed by atoms with Crippen molar-refractivity contribution in [2.24, 2.45) is 5.92 Å². The van der Waals surface area contributed by atoms with Gasteiger partial charge in [0.05, 0.1) is 4.75 Å². The van der Waals surface area contributed by atoms with Crippen LogP contribution in [0.15, 0.2) is 0 Å². The fourth-order valence-corrected chi connectivity index (χ4v) is 5.17. The van der Waals surface area contributed by atoms with Crippen LogP contribution >= 0.6 is 0 Å². The highest BCUT2D eigenvalue weighted by Gasteiger charge is 2.50. The summed E-state index contributed by atoms with van der Waals surface area (Å²) < 4.78 is 26.1. The van der Waals surface area contributed by atoms with Crippen LogP contribution in [0.1, 0.15) is 52.9 Å². The third-order valence-electron chi connectivity index (χ3n) is 4.28. The van der Waals surface area contributed by atoms with Gasteiger partial charge in [-0.05, 0) is 52.4 Å². The molecule has 2 unspecified atom stereocenters. The summed E-state index contributed by atoms with van der Waals surface area (Å²) in [5.74, 6) is -0.655. The molecular weight excluding hydrogens is 266 g/mol. The van der Waals surface area contributed by atoms with Gasteiger partial charge in [0, 0.05) is 18.5 Å². The average molecular weight is 289 g/mol. The number of aliphatic carboxylic acids is 1. The molecule has 0 aromatic heterocycles. The second kappa shape index (κ2) is 4.74. The van der Waals surface area contributed by atoms with Gasteiger partial charge in [-0.25, -0.2) is 8.42 Å². The highest BCUT2D eigenvalue weighted by Crippen LogP contribution is 2.43. The minimum absolute atomic E-state index is 0.00678. The standard InChI is InChI=1S/C13H23NO4S/c1-13(2,3)19(17,18)14-10-4-5-11(14)7-9(6-10)8-12(15)16/h9-11H,4-8H2,1-3H3,(H,15,16). The highest BCUT2D eigenvalue weighted by atomic mass is 32.2. The van der Waals surface area contributed by atoms with Crippen molar-refractivity contribution in [1.82, 2.24) is 4.31 Å². The predicted molar refractivity (Wildman–Crippen MR) is 72.3 cm³/mol. The monoisotopic (exact) mass is 289 g/mol. The van der Waals surface area contributed by atoms with Gasteiger partial charge in [0.2, 0.25) is 10.0 Å². The Kier molecular flexibility index (Phi) is 3.68. The molecule has 5 nitrogen and oxygen atoms in total. The lowest BCUT2D eigenvalue weighted by atomic mass is 9.90. The largest absolute Gasteiger partial charge is 0.481 e. The Bertz CT molecular complexity index is 452. The van der Waals surface area contributed by atoms with E-state index in [4.69, 9.17) is 5.11 Å². The van der Waals surface area contributed by atoms with Crippen LogP contribution in [0.5, 0.6) is 0 Å². The van der Waals surface area contributed by atoms with E-state index in [0.717, 1.165) is 12.8 Å². The quantitative estimate of drug-likeness (QED) is 0.860. The molecule has 2 saturated heterocycles. The molecule has 2 rings (SSSR count). The van der Waals surface area contributed by atoms with E-state index in [-0.39, 0.29) is 24.4 Å².